The molecule has 0 saturated carbocycles. The highest BCUT2D eigenvalue weighted by Gasteiger charge is 2.29. The topological polar surface area (TPSA) is 83.8 Å². The first-order valence-corrected chi connectivity index (χ1v) is 17.3. The molecule has 0 saturated heterocycles. The van der Waals surface area contributed by atoms with Gasteiger partial charge in [0.15, 0.2) is 0 Å². The lowest BCUT2D eigenvalue weighted by molar-refractivity contribution is -0.107. The van der Waals surface area contributed by atoms with Gasteiger partial charge in [-0.15, -0.1) is 0 Å². The Balaban J connectivity index is 2.22. The van der Waals surface area contributed by atoms with Crippen LogP contribution >= 0.6 is 7.60 Å². The van der Waals surface area contributed by atoms with E-state index in [0.717, 1.165) is 55.1 Å². The smallest absolute Gasteiger partial charge is 0.332 e. The van der Waals surface area contributed by atoms with Crippen LogP contribution in [-0.2, 0) is 30.9 Å². The molecule has 0 amide bonds. The minimum atomic E-state index is -3.76. The van der Waals surface area contributed by atoms with Crippen LogP contribution in [0.25, 0.3) is 0 Å². The van der Waals surface area contributed by atoms with Crippen molar-refractivity contribution in [1.29, 1.82) is 0 Å². The molecular weight excluding hydrogens is 507 g/mol. The second-order valence-electron chi connectivity index (χ2n) is 13.4. The standard InChI is InChI=1S/C33H59O5P/c1-32(2,3)29-25-28(26-30(31(29)35)33(4,5)6)27-39(36,37)38-24-22-20-18-16-14-12-10-8-7-9-11-13-15-17-19-21-23-34/h23,25-26,35H,7-22,24,27H2,1-6H3,(H,36,37). The van der Waals surface area contributed by atoms with Crippen molar-refractivity contribution in [3.63, 3.8) is 0 Å². The summed E-state index contributed by atoms with van der Waals surface area (Å²) >= 11 is 0. The van der Waals surface area contributed by atoms with Gasteiger partial charge in [-0.05, 0) is 40.4 Å². The Bertz CT molecular complexity index is 831. The zero-order valence-corrected chi connectivity index (χ0v) is 26.9. The van der Waals surface area contributed by atoms with Gasteiger partial charge < -0.3 is 19.3 Å². The molecule has 0 bridgehead atoms. The van der Waals surface area contributed by atoms with Crippen molar-refractivity contribution in [3.8, 4) is 5.75 Å². The normalized spacial score (nSPS) is 13.9. The molecule has 5 nitrogen and oxygen atoms in total. The molecule has 1 aromatic rings. The zero-order chi connectivity index (χ0) is 29.4. The van der Waals surface area contributed by atoms with Crippen molar-refractivity contribution in [1.82, 2.24) is 0 Å². The quantitative estimate of drug-likeness (QED) is 0.0878. The molecule has 0 aliphatic heterocycles. The first-order chi connectivity index (χ1) is 18.3. The van der Waals surface area contributed by atoms with Gasteiger partial charge in [0.2, 0.25) is 0 Å². The van der Waals surface area contributed by atoms with Crippen LogP contribution in [-0.4, -0.2) is 22.9 Å². The molecule has 1 atom stereocenters. The fourth-order valence-electron chi connectivity index (χ4n) is 5.04. The van der Waals surface area contributed by atoms with Gasteiger partial charge >= 0.3 is 7.60 Å². The third-order valence-corrected chi connectivity index (χ3v) is 8.78. The fourth-order valence-corrected chi connectivity index (χ4v) is 6.19. The van der Waals surface area contributed by atoms with Crippen LogP contribution in [0.3, 0.4) is 0 Å². The summed E-state index contributed by atoms with van der Waals surface area (Å²) in [6.45, 7) is 12.5. The fraction of sp³-hybridized carbons (Fsp3) is 0.788. The minimum absolute atomic E-state index is 0.0408. The highest BCUT2D eigenvalue weighted by atomic mass is 31.2. The molecule has 0 radical (unpaired) electrons. The lowest BCUT2D eigenvalue weighted by Crippen LogP contribution is -2.18. The number of carbonyl (C=O) groups excluding carboxylic acids is 1. The van der Waals surface area contributed by atoms with Crippen molar-refractivity contribution in [3.05, 3.63) is 28.8 Å². The SMILES string of the molecule is CC(C)(C)c1cc(CP(=O)(O)OCCCCCCCCCCCCCCCCCC=O)cc(C(C)(C)C)c1O. The summed E-state index contributed by atoms with van der Waals surface area (Å²) in [6.07, 6.45) is 19.9. The van der Waals surface area contributed by atoms with E-state index in [0.29, 0.717) is 6.61 Å². The van der Waals surface area contributed by atoms with E-state index in [2.05, 4.69) is 0 Å². The Morgan fingerprint density at radius 3 is 1.41 bits per heavy atom. The van der Waals surface area contributed by atoms with Crippen LogP contribution in [0, 0.1) is 0 Å². The summed E-state index contributed by atoms with van der Waals surface area (Å²) < 4.78 is 18.3. The van der Waals surface area contributed by atoms with Gasteiger partial charge in [-0.25, -0.2) is 0 Å². The Morgan fingerprint density at radius 1 is 0.692 bits per heavy atom. The van der Waals surface area contributed by atoms with Crippen molar-refractivity contribution in [2.45, 2.75) is 161 Å². The zero-order valence-electron chi connectivity index (χ0n) is 26.0. The molecule has 1 aromatic carbocycles. The van der Waals surface area contributed by atoms with Crippen LogP contribution in [0.5, 0.6) is 5.75 Å². The molecule has 2 N–H and O–H groups in total. The third kappa shape index (κ3) is 16.0. The summed E-state index contributed by atoms with van der Waals surface area (Å²) in [5.74, 6) is 0.280. The van der Waals surface area contributed by atoms with Gasteiger partial charge in [-0.1, -0.05) is 137 Å². The van der Waals surface area contributed by atoms with E-state index in [1.54, 1.807) is 0 Å². The van der Waals surface area contributed by atoms with Gasteiger partial charge in [0.1, 0.15) is 12.0 Å². The lowest BCUT2D eigenvalue weighted by Gasteiger charge is -2.28. The number of benzene rings is 1. The number of aromatic hydroxyl groups is 1. The average Bonchev–Trinajstić information content (AvgIpc) is 2.82. The molecule has 0 spiro atoms. The van der Waals surface area contributed by atoms with Gasteiger partial charge in [0.05, 0.1) is 12.8 Å². The first-order valence-electron chi connectivity index (χ1n) is 15.5. The van der Waals surface area contributed by atoms with Crippen LogP contribution in [0.15, 0.2) is 12.1 Å². The number of hydrogen-bond donors (Lipinski definition) is 2. The molecule has 0 aromatic heterocycles. The second kappa shape index (κ2) is 18.3. The molecule has 226 valence electrons. The molecule has 0 heterocycles. The third-order valence-electron chi connectivity index (χ3n) is 7.43. The molecule has 1 rings (SSSR count). The summed E-state index contributed by atoms with van der Waals surface area (Å²) in [5, 5.41) is 10.9. The Kier molecular flexibility index (Phi) is 16.8. The van der Waals surface area contributed by atoms with Gasteiger partial charge in [-0.2, -0.15) is 0 Å². The number of hydrogen-bond acceptors (Lipinski definition) is 4. The van der Waals surface area contributed by atoms with E-state index >= 15 is 0 Å². The van der Waals surface area contributed by atoms with Gasteiger partial charge in [0, 0.05) is 6.42 Å². The summed E-state index contributed by atoms with van der Waals surface area (Å²) in [5.41, 5.74) is 1.77. The maximum absolute atomic E-state index is 12.8. The molecule has 0 fully saturated rings. The van der Waals surface area contributed by atoms with E-state index in [4.69, 9.17) is 4.52 Å². The molecular formula is C33H59O5P. The number of unbranched alkanes of at least 4 members (excludes halogenated alkanes) is 15. The van der Waals surface area contributed by atoms with Crippen LogP contribution < -0.4 is 0 Å². The average molecular weight is 567 g/mol. The maximum atomic E-state index is 12.8. The number of aldehydes is 1. The van der Waals surface area contributed by atoms with E-state index in [-0.39, 0.29) is 22.7 Å². The molecule has 0 aliphatic carbocycles. The van der Waals surface area contributed by atoms with E-state index < -0.39 is 7.60 Å². The monoisotopic (exact) mass is 566 g/mol. The largest absolute Gasteiger partial charge is 0.507 e. The summed E-state index contributed by atoms with van der Waals surface area (Å²) in [7, 11) is -3.76. The lowest BCUT2D eigenvalue weighted by atomic mass is 9.78. The Morgan fingerprint density at radius 2 is 1.05 bits per heavy atom. The van der Waals surface area contributed by atoms with Crippen molar-refractivity contribution < 1.29 is 23.9 Å². The number of carbonyl (C=O) groups is 1. The molecule has 0 aliphatic rings. The first kappa shape index (κ1) is 35.9. The number of rotatable bonds is 21. The highest BCUT2D eigenvalue weighted by molar-refractivity contribution is 7.51. The molecule has 39 heavy (non-hydrogen) atoms. The van der Waals surface area contributed by atoms with Crippen molar-refractivity contribution in [2.24, 2.45) is 0 Å². The van der Waals surface area contributed by atoms with E-state index in [9.17, 15) is 19.4 Å². The Hall–Kier alpha value is -1.16. The van der Waals surface area contributed by atoms with Crippen LogP contribution in [0.2, 0.25) is 0 Å². The predicted molar refractivity (Wildman–Crippen MR) is 165 cm³/mol. The summed E-state index contributed by atoms with van der Waals surface area (Å²) in [4.78, 5) is 20.8. The summed E-state index contributed by atoms with van der Waals surface area (Å²) in [6, 6.07) is 3.72. The van der Waals surface area contributed by atoms with E-state index in [1.165, 1.54) is 70.6 Å². The predicted octanol–water partition coefficient (Wildman–Crippen LogP) is 10.1. The van der Waals surface area contributed by atoms with Gasteiger partial charge in [-0.3, -0.25) is 4.57 Å². The Labute approximate surface area is 240 Å². The highest BCUT2D eigenvalue weighted by Crippen LogP contribution is 2.48. The second-order valence-corrected chi connectivity index (χ2v) is 15.3. The number of phenolic OH excluding ortho intramolecular Hbond substituents is 1. The number of phenols is 1. The minimum Gasteiger partial charge on any atom is -0.507 e. The van der Waals surface area contributed by atoms with Crippen LogP contribution in [0.4, 0.5) is 0 Å². The van der Waals surface area contributed by atoms with Crippen molar-refractivity contribution in [2.75, 3.05) is 6.61 Å². The van der Waals surface area contributed by atoms with Gasteiger partial charge in [0.25, 0.3) is 0 Å². The van der Waals surface area contributed by atoms with E-state index in [1.807, 2.05) is 53.7 Å². The maximum Gasteiger partial charge on any atom is 0.332 e. The molecule has 1 unspecified atom stereocenters. The van der Waals surface area contributed by atoms with Crippen LogP contribution in [0.1, 0.15) is 161 Å². The van der Waals surface area contributed by atoms with Crippen molar-refractivity contribution >= 4 is 13.9 Å². The molecule has 6 heteroatoms.